The predicted octanol–water partition coefficient (Wildman–Crippen LogP) is 5.25. The first-order chi connectivity index (χ1) is 12.7. The summed E-state index contributed by atoms with van der Waals surface area (Å²) in [6.45, 7) is 2.02. The second-order valence-electron chi connectivity index (χ2n) is 6.67. The molecule has 1 unspecified atom stereocenters. The highest BCUT2D eigenvalue weighted by atomic mass is 32.1. The summed E-state index contributed by atoms with van der Waals surface area (Å²) in [7, 11) is 0. The fourth-order valence-electron chi connectivity index (χ4n) is 3.63. The number of hydrogen-bond donors (Lipinski definition) is 1. The van der Waals surface area contributed by atoms with Gasteiger partial charge in [0.05, 0.1) is 15.3 Å². The molecule has 5 heteroatoms. The number of pyridine rings is 1. The van der Waals surface area contributed by atoms with Crippen molar-refractivity contribution in [3.63, 3.8) is 0 Å². The van der Waals surface area contributed by atoms with Crippen LogP contribution in [0, 0.1) is 0 Å². The molecule has 0 spiro atoms. The smallest absolute Gasteiger partial charge is 0.174 e. The van der Waals surface area contributed by atoms with Crippen molar-refractivity contribution in [1.29, 1.82) is 0 Å². The van der Waals surface area contributed by atoms with Crippen LogP contribution in [0.15, 0.2) is 36.7 Å². The van der Waals surface area contributed by atoms with Crippen molar-refractivity contribution < 1.29 is 9.59 Å². The molecule has 26 heavy (non-hydrogen) atoms. The lowest BCUT2D eigenvalue weighted by Gasteiger charge is -2.11. The van der Waals surface area contributed by atoms with Crippen LogP contribution in [-0.4, -0.2) is 17.1 Å². The minimum absolute atomic E-state index is 0.0220. The number of aldehydes is 1. The number of hydrogen-bond acceptors (Lipinski definition) is 5. The summed E-state index contributed by atoms with van der Waals surface area (Å²) in [6, 6.07) is 8.09. The van der Waals surface area contributed by atoms with Gasteiger partial charge in [-0.15, -0.1) is 11.3 Å². The van der Waals surface area contributed by atoms with E-state index in [0.29, 0.717) is 6.42 Å². The summed E-state index contributed by atoms with van der Waals surface area (Å²) in [5.74, 6) is 0.187. The van der Waals surface area contributed by atoms with E-state index in [9.17, 15) is 9.59 Å². The maximum atomic E-state index is 12.6. The van der Waals surface area contributed by atoms with Gasteiger partial charge in [0.25, 0.3) is 0 Å². The van der Waals surface area contributed by atoms with Crippen LogP contribution in [0.4, 0.5) is 11.4 Å². The van der Waals surface area contributed by atoms with E-state index >= 15 is 0 Å². The van der Waals surface area contributed by atoms with E-state index in [0.717, 1.165) is 57.5 Å². The molecule has 0 aliphatic heterocycles. The number of nitrogens with zero attached hydrogens (tertiary/aromatic N) is 1. The van der Waals surface area contributed by atoms with Crippen LogP contribution >= 0.6 is 11.3 Å². The van der Waals surface area contributed by atoms with Gasteiger partial charge in [-0.05, 0) is 48.6 Å². The summed E-state index contributed by atoms with van der Waals surface area (Å²) >= 11 is 1.50. The fourth-order valence-corrected chi connectivity index (χ4v) is 4.72. The van der Waals surface area contributed by atoms with E-state index in [-0.39, 0.29) is 11.7 Å². The molecule has 132 valence electrons. The monoisotopic (exact) mass is 364 g/mol. The van der Waals surface area contributed by atoms with Gasteiger partial charge in [0.2, 0.25) is 0 Å². The minimum Gasteiger partial charge on any atom is -0.354 e. The molecular weight excluding hydrogens is 344 g/mol. The van der Waals surface area contributed by atoms with Gasteiger partial charge in [-0.25, -0.2) is 0 Å². The quantitative estimate of drug-likeness (QED) is 0.479. The molecule has 3 aromatic rings. The van der Waals surface area contributed by atoms with Gasteiger partial charge in [0.15, 0.2) is 5.78 Å². The fraction of sp³-hybridized carbons (Fsp3) is 0.286. The summed E-state index contributed by atoms with van der Waals surface area (Å²) in [4.78, 5) is 28.7. The van der Waals surface area contributed by atoms with Gasteiger partial charge < -0.3 is 10.1 Å². The summed E-state index contributed by atoms with van der Waals surface area (Å²) < 4.78 is 1.01. The zero-order valence-electron chi connectivity index (χ0n) is 14.6. The lowest BCUT2D eigenvalue weighted by Crippen LogP contribution is -2.01. The van der Waals surface area contributed by atoms with E-state index in [4.69, 9.17) is 0 Å². The SMILES string of the molecule is CCCC(=O)c1sc2cnccc2c1Nc1ccc2c(c1)CCC2C=O. The molecule has 1 atom stereocenters. The van der Waals surface area contributed by atoms with Crippen molar-refractivity contribution in [2.75, 3.05) is 5.32 Å². The van der Waals surface area contributed by atoms with Crippen LogP contribution in [0.25, 0.3) is 10.1 Å². The van der Waals surface area contributed by atoms with Gasteiger partial charge in [0, 0.05) is 35.8 Å². The number of aryl methyl sites for hydroxylation is 1. The minimum atomic E-state index is 0.0220. The number of fused-ring (bicyclic) bond motifs is 2. The molecule has 0 fully saturated rings. The van der Waals surface area contributed by atoms with Crippen LogP contribution in [0.1, 0.15) is 52.9 Å². The van der Waals surface area contributed by atoms with E-state index in [1.807, 2.05) is 31.3 Å². The molecule has 1 aliphatic carbocycles. The van der Waals surface area contributed by atoms with Gasteiger partial charge in [0.1, 0.15) is 6.29 Å². The Bertz CT molecular complexity index is 993. The average molecular weight is 364 g/mol. The second-order valence-corrected chi connectivity index (χ2v) is 7.72. The van der Waals surface area contributed by atoms with E-state index in [1.165, 1.54) is 16.9 Å². The maximum Gasteiger partial charge on any atom is 0.174 e. The Balaban J connectivity index is 1.74. The number of thiophene rings is 1. The Labute approximate surface area is 156 Å². The van der Waals surface area contributed by atoms with Crippen molar-refractivity contribution in [3.8, 4) is 0 Å². The molecule has 0 saturated heterocycles. The summed E-state index contributed by atoms with van der Waals surface area (Å²) in [6.07, 6.45) is 7.79. The molecular formula is C21H20N2O2S. The number of carbonyl (C=O) groups is 2. The van der Waals surface area contributed by atoms with Crippen LogP contribution in [0.5, 0.6) is 0 Å². The van der Waals surface area contributed by atoms with Crippen molar-refractivity contribution >= 4 is 44.9 Å². The average Bonchev–Trinajstić information content (AvgIpc) is 3.23. The third-order valence-corrected chi connectivity index (χ3v) is 6.11. The molecule has 0 radical (unpaired) electrons. The lowest BCUT2D eigenvalue weighted by atomic mass is 10.0. The zero-order chi connectivity index (χ0) is 18.1. The topological polar surface area (TPSA) is 59.1 Å². The maximum absolute atomic E-state index is 12.6. The third-order valence-electron chi connectivity index (χ3n) is 4.92. The first-order valence-electron chi connectivity index (χ1n) is 8.96. The van der Waals surface area contributed by atoms with Crippen molar-refractivity contribution in [2.45, 2.75) is 38.5 Å². The Hall–Kier alpha value is -2.53. The number of ketones is 1. The molecule has 0 saturated carbocycles. The normalized spacial score (nSPS) is 15.8. The van der Waals surface area contributed by atoms with E-state index in [2.05, 4.69) is 16.4 Å². The Morgan fingerprint density at radius 3 is 3.08 bits per heavy atom. The molecule has 2 aromatic heterocycles. The number of nitrogens with one attached hydrogen (secondary N) is 1. The number of aromatic nitrogens is 1. The number of benzene rings is 1. The second kappa shape index (κ2) is 7.00. The van der Waals surface area contributed by atoms with E-state index in [1.54, 1.807) is 6.20 Å². The molecule has 0 bridgehead atoms. The van der Waals surface area contributed by atoms with Crippen molar-refractivity contribution in [2.24, 2.45) is 0 Å². The standard InChI is InChI=1S/C21H20N2O2S/c1-2-3-18(25)21-20(17-8-9-22-11-19(17)26-21)23-15-6-7-16-13(10-15)4-5-14(16)12-24/h6-12,14,23H,2-5H2,1H3. The van der Waals surface area contributed by atoms with Crippen LogP contribution in [-0.2, 0) is 11.2 Å². The van der Waals surface area contributed by atoms with Gasteiger partial charge >= 0.3 is 0 Å². The summed E-state index contributed by atoms with van der Waals surface area (Å²) in [5, 5.41) is 4.49. The molecule has 4 rings (SSSR count). The number of Topliss-reactive ketones (excluding diaryl/α,β-unsaturated/α-hetero) is 1. The van der Waals surface area contributed by atoms with Crippen LogP contribution in [0.3, 0.4) is 0 Å². The number of rotatable bonds is 6. The predicted molar refractivity (Wildman–Crippen MR) is 106 cm³/mol. The highest BCUT2D eigenvalue weighted by Crippen LogP contribution is 2.39. The highest BCUT2D eigenvalue weighted by molar-refractivity contribution is 7.21. The van der Waals surface area contributed by atoms with Crippen LogP contribution < -0.4 is 5.32 Å². The lowest BCUT2D eigenvalue weighted by molar-refractivity contribution is -0.109. The van der Waals surface area contributed by atoms with Crippen molar-refractivity contribution in [1.82, 2.24) is 4.98 Å². The van der Waals surface area contributed by atoms with Gasteiger partial charge in [-0.2, -0.15) is 0 Å². The molecule has 2 heterocycles. The molecule has 0 amide bonds. The molecule has 4 nitrogen and oxygen atoms in total. The number of anilines is 2. The Morgan fingerprint density at radius 2 is 2.27 bits per heavy atom. The number of carbonyl (C=O) groups excluding carboxylic acids is 2. The first-order valence-corrected chi connectivity index (χ1v) is 9.77. The van der Waals surface area contributed by atoms with Gasteiger partial charge in [-0.3, -0.25) is 9.78 Å². The third kappa shape index (κ3) is 2.92. The Morgan fingerprint density at radius 1 is 1.38 bits per heavy atom. The molecule has 1 aliphatic rings. The van der Waals surface area contributed by atoms with Crippen LogP contribution in [0.2, 0.25) is 0 Å². The van der Waals surface area contributed by atoms with Gasteiger partial charge in [-0.1, -0.05) is 13.0 Å². The largest absolute Gasteiger partial charge is 0.354 e. The van der Waals surface area contributed by atoms with Crippen molar-refractivity contribution in [3.05, 3.63) is 52.7 Å². The highest BCUT2D eigenvalue weighted by Gasteiger charge is 2.23. The summed E-state index contributed by atoms with van der Waals surface area (Å²) in [5.41, 5.74) is 4.18. The zero-order valence-corrected chi connectivity index (χ0v) is 15.4. The van der Waals surface area contributed by atoms with E-state index < -0.39 is 0 Å². The Kier molecular flexibility index (Phi) is 4.55. The first kappa shape index (κ1) is 16.9. The molecule has 1 N–H and O–H groups in total. The molecule has 1 aromatic carbocycles.